The van der Waals surface area contributed by atoms with E-state index in [1.54, 1.807) is 12.3 Å². The molecular formula is C24H25F2N3O3. The number of nitrogens with one attached hydrogen (secondary N) is 1. The number of hydrogen-bond acceptors (Lipinski definition) is 5. The Kier molecular flexibility index (Phi) is 5.55. The number of imidazole rings is 1. The van der Waals surface area contributed by atoms with Gasteiger partial charge in [-0.05, 0) is 68.0 Å². The van der Waals surface area contributed by atoms with E-state index in [2.05, 4.69) is 10.3 Å². The molecule has 0 radical (unpaired) electrons. The van der Waals surface area contributed by atoms with Crippen molar-refractivity contribution in [3.63, 3.8) is 0 Å². The number of benzene rings is 1. The summed E-state index contributed by atoms with van der Waals surface area (Å²) in [5.74, 6) is 0.138. The summed E-state index contributed by atoms with van der Waals surface area (Å²) in [6, 6.07) is 7.57. The van der Waals surface area contributed by atoms with Crippen molar-refractivity contribution in [3.8, 4) is 22.8 Å². The summed E-state index contributed by atoms with van der Waals surface area (Å²) in [4.78, 5) is 17.3. The highest BCUT2D eigenvalue weighted by Crippen LogP contribution is 2.40. The molecule has 5 rings (SSSR count). The van der Waals surface area contributed by atoms with Crippen LogP contribution in [0.1, 0.15) is 54.1 Å². The van der Waals surface area contributed by atoms with Crippen molar-refractivity contribution < 1.29 is 23.0 Å². The standard InChI is InChI=1S/C24H25F2N3O3/c1-31-20-10-16(11-21(32-24(25)26)23(20)19(30)9-14-4-5-14)18-13-28-22-12-15(6-8-29(18)22)17-3-2-7-27-17/h6,8,10-14,17,24,27H,2-5,7,9H2,1H3. The number of hydrogen-bond donors (Lipinski definition) is 1. The Balaban J connectivity index is 1.56. The van der Waals surface area contributed by atoms with Crippen molar-refractivity contribution in [3.05, 3.63) is 47.8 Å². The molecule has 2 aromatic heterocycles. The van der Waals surface area contributed by atoms with E-state index in [0.717, 1.165) is 37.9 Å². The van der Waals surface area contributed by atoms with Gasteiger partial charge in [-0.25, -0.2) is 4.98 Å². The number of ketones is 1. The van der Waals surface area contributed by atoms with Crippen molar-refractivity contribution in [1.29, 1.82) is 0 Å². The maximum Gasteiger partial charge on any atom is 0.387 e. The zero-order chi connectivity index (χ0) is 22.2. The van der Waals surface area contributed by atoms with E-state index in [1.807, 2.05) is 22.7 Å². The number of pyridine rings is 1. The van der Waals surface area contributed by atoms with Crippen LogP contribution in [0.2, 0.25) is 0 Å². The van der Waals surface area contributed by atoms with Gasteiger partial charge >= 0.3 is 6.61 Å². The van der Waals surface area contributed by atoms with Crippen molar-refractivity contribution in [2.75, 3.05) is 13.7 Å². The van der Waals surface area contributed by atoms with E-state index in [4.69, 9.17) is 9.47 Å². The molecule has 2 fully saturated rings. The van der Waals surface area contributed by atoms with Crippen molar-refractivity contribution in [1.82, 2.24) is 14.7 Å². The summed E-state index contributed by atoms with van der Waals surface area (Å²) in [6.45, 7) is -2.04. The second kappa shape index (κ2) is 8.50. The number of fused-ring (bicyclic) bond motifs is 1. The van der Waals surface area contributed by atoms with E-state index >= 15 is 0 Å². The molecule has 0 spiro atoms. The Morgan fingerprint density at radius 1 is 1.25 bits per heavy atom. The van der Waals surface area contributed by atoms with E-state index < -0.39 is 6.61 Å². The zero-order valence-corrected chi connectivity index (χ0v) is 17.8. The summed E-state index contributed by atoms with van der Waals surface area (Å²) in [7, 11) is 1.43. The van der Waals surface area contributed by atoms with Crippen LogP contribution < -0.4 is 14.8 Å². The molecule has 0 amide bonds. The largest absolute Gasteiger partial charge is 0.496 e. The Morgan fingerprint density at radius 2 is 2.06 bits per heavy atom. The zero-order valence-electron chi connectivity index (χ0n) is 17.8. The lowest BCUT2D eigenvalue weighted by Crippen LogP contribution is -2.13. The summed E-state index contributed by atoms with van der Waals surface area (Å²) >= 11 is 0. The number of alkyl halides is 2. The molecule has 6 nitrogen and oxygen atoms in total. The number of carbonyl (C=O) groups excluding carboxylic acids is 1. The summed E-state index contributed by atoms with van der Waals surface area (Å²) in [5, 5.41) is 3.48. The lowest BCUT2D eigenvalue weighted by atomic mass is 10.00. The lowest BCUT2D eigenvalue weighted by molar-refractivity contribution is -0.0502. The molecule has 168 valence electrons. The second-order valence-corrected chi connectivity index (χ2v) is 8.48. The highest BCUT2D eigenvalue weighted by atomic mass is 19.3. The summed E-state index contributed by atoms with van der Waals surface area (Å²) in [5.41, 5.74) is 3.29. The fourth-order valence-corrected chi connectivity index (χ4v) is 4.44. The van der Waals surface area contributed by atoms with E-state index in [1.165, 1.54) is 18.7 Å². The molecule has 0 bridgehead atoms. The lowest BCUT2D eigenvalue weighted by Gasteiger charge is -2.16. The molecule has 1 unspecified atom stereocenters. The topological polar surface area (TPSA) is 64.9 Å². The minimum Gasteiger partial charge on any atom is -0.496 e. The minimum atomic E-state index is -3.05. The van der Waals surface area contributed by atoms with Gasteiger partial charge in [0.05, 0.1) is 19.0 Å². The van der Waals surface area contributed by atoms with Crippen LogP contribution in [-0.2, 0) is 0 Å². The number of Topliss-reactive ketones (excluding diaryl/α,β-unsaturated/α-hetero) is 1. The molecule has 2 aliphatic rings. The molecular weight excluding hydrogens is 416 g/mol. The second-order valence-electron chi connectivity index (χ2n) is 8.48. The van der Waals surface area contributed by atoms with Gasteiger partial charge in [0, 0.05) is 24.2 Å². The van der Waals surface area contributed by atoms with Crippen LogP contribution in [0.4, 0.5) is 8.78 Å². The Bertz CT molecular complexity index is 1150. The molecule has 32 heavy (non-hydrogen) atoms. The molecule has 1 aromatic carbocycles. The van der Waals surface area contributed by atoms with E-state index in [0.29, 0.717) is 29.6 Å². The van der Waals surface area contributed by atoms with Gasteiger partial charge in [0.15, 0.2) is 5.78 Å². The molecule has 8 heteroatoms. The van der Waals surface area contributed by atoms with E-state index in [9.17, 15) is 13.6 Å². The summed E-state index contributed by atoms with van der Waals surface area (Å²) in [6.07, 6.45) is 8.13. The first-order valence-corrected chi connectivity index (χ1v) is 10.9. The molecule has 1 saturated heterocycles. The van der Waals surface area contributed by atoms with Gasteiger partial charge in [0.2, 0.25) is 0 Å². The van der Waals surface area contributed by atoms with Crippen LogP contribution >= 0.6 is 0 Å². The van der Waals surface area contributed by atoms with Gasteiger partial charge in [0.25, 0.3) is 0 Å². The molecule has 1 aliphatic heterocycles. The number of ether oxygens (including phenoxy) is 2. The highest BCUT2D eigenvalue weighted by Gasteiger charge is 2.30. The molecule has 3 aromatic rings. The normalized spacial score (nSPS) is 18.4. The number of aromatic nitrogens is 2. The van der Waals surface area contributed by atoms with Crippen molar-refractivity contribution in [2.45, 2.75) is 44.8 Å². The Hall–Kier alpha value is -3.00. The number of carbonyl (C=O) groups is 1. The fourth-order valence-electron chi connectivity index (χ4n) is 4.44. The molecule has 1 saturated carbocycles. The van der Waals surface area contributed by atoms with Crippen molar-refractivity contribution in [2.24, 2.45) is 5.92 Å². The van der Waals surface area contributed by atoms with Crippen molar-refractivity contribution >= 4 is 11.4 Å². The Labute approximate surface area is 184 Å². The molecule has 1 atom stereocenters. The maximum absolute atomic E-state index is 13.2. The average molecular weight is 441 g/mol. The number of methoxy groups -OCH3 is 1. The van der Waals surface area contributed by atoms with Gasteiger partial charge in [-0.2, -0.15) is 8.78 Å². The van der Waals surface area contributed by atoms with Crippen LogP contribution in [0.3, 0.4) is 0 Å². The molecule has 3 heterocycles. The maximum atomic E-state index is 13.2. The molecule has 1 N–H and O–H groups in total. The molecule has 1 aliphatic carbocycles. The smallest absolute Gasteiger partial charge is 0.387 e. The van der Waals surface area contributed by atoms with Crippen LogP contribution in [0.15, 0.2) is 36.7 Å². The van der Waals surface area contributed by atoms with Crippen LogP contribution in [0, 0.1) is 5.92 Å². The predicted octanol–water partition coefficient (Wildman–Crippen LogP) is 5.02. The minimum absolute atomic E-state index is 0.0758. The average Bonchev–Trinajstić information content (AvgIpc) is 3.26. The van der Waals surface area contributed by atoms with Gasteiger partial charge < -0.3 is 14.8 Å². The Morgan fingerprint density at radius 3 is 2.75 bits per heavy atom. The number of nitrogens with zero attached hydrogens (tertiary/aromatic N) is 2. The third kappa shape index (κ3) is 4.07. The SMILES string of the molecule is COc1cc(-c2cnc3cc(C4CCCN4)ccn23)cc(OC(F)F)c1C(=O)CC1CC1. The van der Waals surface area contributed by atoms with Gasteiger partial charge in [0.1, 0.15) is 22.7 Å². The van der Waals surface area contributed by atoms with Gasteiger partial charge in [-0.3, -0.25) is 9.20 Å². The van der Waals surface area contributed by atoms with Crippen LogP contribution in [-0.4, -0.2) is 35.4 Å². The third-order valence-electron chi connectivity index (χ3n) is 6.25. The first-order chi connectivity index (χ1) is 15.5. The summed E-state index contributed by atoms with van der Waals surface area (Å²) < 4.78 is 38.5. The highest BCUT2D eigenvalue weighted by molar-refractivity contribution is 6.02. The monoisotopic (exact) mass is 441 g/mol. The van der Waals surface area contributed by atoms with Gasteiger partial charge in [-0.1, -0.05) is 0 Å². The third-order valence-corrected chi connectivity index (χ3v) is 6.25. The first kappa shape index (κ1) is 20.9. The fraction of sp³-hybridized carbons (Fsp3) is 0.417. The number of halogens is 2. The van der Waals surface area contributed by atoms with Crippen LogP contribution in [0.5, 0.6) is 11.5 Å². The first-order valence-electron chi connectivity index (χ1n) is 10.9. The number of rotatable bonds is 8. The quantitative estimate of drug-likeness (QED) is 0.498. The van der Waals surface area contributed by atoms with E-state index in [-0.39, 0.29) is 22.8 Å². The van der Waals surface area contributed by atoms with Crippen LogP contribution in [0.25, 0.3) is 16.9 Å². The predicted molar refractivity (Wildman–Crippen MR) is 115 cm³/mol. The van der Waals surface area contributed by atoms with Gasteiger partial charge in [-0.15, -0.1) is 0 Å².